The Balaban J connectivity index is 1.74. The lowest BCUT2D eigenvalue weighted by atomic mass is 9.99. The molecule has 2 aromatic carbocycles. The van der Waals surface area contributed by atoms with E-state index in [-0.39, 0.29) is 19.2 Å². The largest absolute Gasteiger partial charge is 0.756 e. The van der Waals surface area contributed by atoms with Crippen LogP contribution in [0.5, 0.6) is 0 Å². The van der Waals surface area contributed by atoms with Crippen LogP contribution in [-0.4, -0.2) is 88.9 Å². The number of aryl methyl sites for hydroxylation is 1. The van der Waals surface area contributed by atoms with Crippen molar-refractivity contribution in [2.75, 3.05) is 54.8 Å². The van der Waals surface area contributed by atoms with Crippen molar-refractivity contribution in [1.82, 2.24) is 5.32 Å². The molecular formula is C40H63N2O9P. The van der Waals surface area contributed by atoms with Crippen molar-refractivity contribution in [2.45, 2.75) is 103 Å². The number of phosphoric acid groups is 1. The molecule has 0 saturated heterocycles. The van der Waals surface area contributed by atoms with Gasteiger partial charge < -0.3 is 38.0 Å². The van der Waals surface area contributed by atoms with Crippen molar-refractivity contribution in [2.24, 2.45) is 0 Å². The van der Waals surface area contributed by atoms with Crippen LogP contribution in [0.25, 0.3) is 0 Å². The van der Waals surface area contributed by atoms with E-state index in [1.807, 2.05) is 69.7 Å². The molecule has 0 aromatic heterocycles. The molecule has 0 fully saturated rings. The van der Waals surface area contributed by atoms with Gasteiger partial charge in [0.2, 0.25) is 0 Å². The Hall–Kier alpha value is -2.89. The molecule has 1 unspecified atom stereocenters. The maximum Gasteiger partial charge on any atom is 0.408 e. The van der Waals surface area contributed by atoms with E-state index in [1.165, 1.54) is 38.4 Å². The minimum absolute atomic E-state index is 0.0338. The number of likely N-dealkylation sites (N-methyl/N-ethyl adjacent to an activating group) is 1. The summed E-state index contributed by atoms with van der Waals surface area (Å²) in [4.78, 5) is 37.8. The summed E-state index contributed by atoms with van der Waals surface area (Å²) in [5.74, 6) is 0.0540. The third-order valence-electron chi connectivity index (χ3n) is 8.06. The second kappa shape index (κ2) is 23.7. The number of phosphoric ester groups is 1. The van der Waals surface area contributed by atoms with Gasteiger partial charge in [0, 0.05) is 18.2 Å². The number of carbonyl (C=O) groups is 2. The number of methoxy groups -OCH3 is 1. The quantitative estimate of drug-likeness (QED) is 0.0258. The zero-order chi connectivity index (χ0) is 38.5. The molecule has 3 atom stereocenters. The van der Waals surface area contributed by atoms with Crippen molar-refractivity contribution in [3.05, 3.63) is 83.4 Å². The monoisotopic (exact) mass is 746 g/mol. The number of carbonyl (C=O) groups excluding carboxylic acids is 2. The van der Waals surface area contributed by atoms with E-state index < -0.39 is 38.3 Å². The molecule has 12 heteroatoms. The molecule has 0 spiro atoms. The van der Waals surface area contributed by atoms with E-state index in [2.05, 4.69) is 17.4 Å². The highest BCUT2D eigenvalue weighted by Crippen LogP contribution is 2.38. The molecule has 292 valence electrons. The molecule has 52 heavy (non-hydrogen) atoms. The van der Waals surface area contributed by atoms with Gasteiger partial charge in [-0.05, 0) is 52.0 Å². The summed E-state index contributed by atoms with van der Waals surface area (Å²) in [6.07, 6.45) is 13.3. The first-order valence-electron chi connectivity index (χ1n) is 18.4. The number of rotatable bonds is 26. The number of benzene rings is 2. The van der Waals surface area contributed by atoms with E-state index >= 15 is 0 Å². The molecule has 1 amide bonds. The zero-order valence-electron chi connectivity index (χ0n) is 32.5. The Morgan fingerprint density at radius 1 is 0.865 bits per heavy atom. The van der Waals surface area contributed by atoms with Gasteiger partial charge in [-0.15, -0.1) is 0 Å². The molecule has 0 bridgehead atoms. The first kappa shape index (κ1) is 45.3. The number of hydrogen-bond donors (Lipinski definition) is 1. The third kappa shape index (κ3) is 21.0. The van der Waals surface area contributed by atoms with Gasteiger partial charge in [0.25, 0.3) is 7.82 Å². The molecule has 0 saturated carbocycles. The molecule has 2 aromatic rings. The van der Waals surface area contributed by atoms with Crippen LogP contribution >= 0.6 is 7.82 Å². The van der Waals surface area contributed by atoms with E-state index in [0.717, 1.165) is 44.1 Å². The summed E-state index contributed by atoms with van der Waals surface area (Å²) in [6.45, 7) is 5.17. The van der Waals surface area contributed by atoms with E-state index in [9.17, 15) is 19.0 Å². The summed E-state index contributed by atoms with van der Waals surface area (Å²) >= 11 is 0. The number of nitrogens with zero attached hydrogens (tertiary/aromatic N) is 1. The normalized spacial score (nSPS) is 14.5. The average Bonchev–Trinajstić information content (AvgIpc) is 3.07. The highest BCUT2D eigenvalue weighted by Gasteiger charge is 2.27. The van der Waals surface area contributed by atoms with Crippen molar-refractivity contribution in [1.29, 1.82) is 0 Å². The van der Waals surface area contributed by atoms with Gasteiger partial charge in [0.15, 0.2) is 5.78 Å². The van der Waals surface area contributed by atoms with Gasteiger partial charge in [0.05, 0.1) is 33.8 Å². The summed E-state index contributed by atoms with van der Waals surface area (Å²) in [5.41, 5.74) is 1.94. The number of amides is 1. The number of ether oxygens (including phenoxy) is 3. The van der Waals surface area contributed by atoms with Crippen LogP contribution in [0.1, 0.15) is 100 Å². The lowest BCUT2D eigenvalue weighted by Crippen LogP contribution is -2.48. The minimum Gasteiger partial charge on any atom is -0.756 e. The summed E-state index contributed by atoms with van der Waals surface area (Å²) < 4.78 is 39.6. The smallest absolute Gasteiger partial charge is 0.408 e. The lowest BCUT2D eigenvalue weighted by molar-refractivity contribution is -0.870. The van der Waals surface area contributed by atoms with Gasteiger partial charge in [-0.1, -0.05) is 105 Å². The van der Waals surface area contributed by atoms with E-state index in [1.54, 1.807) is 26.8 Å². The fraction of sp³-hybridized carbons (Fsp3) is 0.600. The lowest BCUT2D eigenvalue weighted by Gasteiger charge is -2.31. The zero-order valence-corrected chi connectivity index (χ0v) is 33.4. The molecular weight excluding hydrogens is 683 g/mol. The van der Waals surface area contributed by atoms with Gasteiger partial charge >= 0.3 is 6.09 Å². The van der Waals surface area contributed by atoms with Gasteiger partial charge in [-0.2, -0.15) is 0 Å². The van der Waals surface area contributed by atoms with Gasteiger partial charge in [-0.3, -0.25) is 9.36 Å². The Kier molecular flexibility index (Phi) is 20.6. The van der Waals surface area contributed by atoms with Crippen LogP contribution in [-0.2, 0) is 34.2 Å². The Bertz CT molecular complexity index is 1370. The highest BCUT2D eigenvalue weighted by molar-refractivity contribution is 7.45. The molecule has 0 aliphatic carbocycles. The molecule has 0 aliphatic heterocycles. The van der Waals surface area contributed by atoms with Gasteiger partial charge in [-0.25, -0.2) is 4.79 Å². The number of ketones is 1. The second-order valence-corrected chi connectivity index (χ2v) is 16.5. The van der Waals surface area contributed by atoms with E-state index in [0.29, 0.717) is 16.6 Å². The minimum atomic E-state index is -4.64. The fourth-order valence-corrected chi connectivity index (χ4v) is 5.95. The molecule has 0 heterocycles. The number of nitrogens with one attached hydrogen (secondary N) is 1. The Morgan fingerprint density at radius 2 is 1.46 bits per heavy atom. The number of hydrogen-bond acceptors (Lipinski definition) is 9. The SMILES string of the molecule is COCO[C@H](/C=C/CCCCCCCCCCc1ccc(C(=O)c2ccccc2)cc1)[C@H](COP(=O)([O-])OCC[N+](C)(C)C)NC(=O)OC(C)(C)C. The molecule has 2 rings (SSSR count). The Morgan fingerprint density at radius 3 is 2.06 bits per heavy atom. The van der Waals surface area contributed by atoms with Crippen molar-refractivity contribution in [3.63, 3.8) is 0 Å². The Labute approximate surface area is 312 Å². The molecule has 0 radical (unpaired) electrons. The predicted octanol–water partition coefficient (Wildman–Crippen LogP) is 7.62. The van der Waals surface area contributed by atoms with Crippen LogP contribution in [0.15, 0.2) is 66.7 Å². The maximum atomic E-state index is 12.7. The third-order valence-corrected chi connectivity index (χ3v) is 9.03. The van der Waals surface area contributed by atoms with Crippen molar-refractivity contribution >= 4 is 19.7 Å². The molecule has 1 N–H and O–H groups in total. The number of alkyl carbamates (subject to hydrolysis) is 1. The first-order valence-corrected chi connectivity index (χ1v) is 19.9. The topological polar surface area (TPSA) is 132 Å². The summed E-state index contributed by atoms with van der Waals surface area (Å²) in [5, 5.41) is 2.70. The fourth-order valence-electron chi connectivity index (χ4n) is 5.23. The standard InChI is InChI=1S/C40H63N2O9P/c1-40(2,3)51-39(44)41-36(31-50-52(45,46)49-30-29-42(4,5)6)37(48-32-47-7)24-20-15-13-11-9-8-10-12-14-17-21-33-25-27-35(28-26-33)38(43)34-22-18-16-19-23-34/h16,18-20,22-28,36-37H,8-15,17,21,29-32H2,1-7H3,(H-,41,44,45,46)/b24-20+/t36-,37+/m0/s1. The van der Waals surface area contributed by atoms with Crippen LogP contribution in [0.2, 0.25) is 0 Å². The number of allylic oxidation sites excluding steroid dienone is 1. The summed E-state index contributed by atoms with van der Waals surface area (Å²) in [6, 6.07) is 16.5. The van der Waals surface area contributed by atoms with E-state index in [4.69, 9.17) is 23.3 Å². The highest BCUT2D eigenvalue weighted by atomic mass is 31.2. The number of quaternary nitrogens is 1. The van der Waals surface area contributed by atoms with Crippen LogP contribution in [0.4, 0.5) is 4.79 Å². The van der Waals surface area contributed by atoms with Crippen molar-refractivity contribution in [3.8, 4) is 0 Å². The molecule has 0 aliphatic rings. The predicted molar refractivity (Wildman–Crippen MR) is 203 cm³/mol. The average molecular weight is 747 g/mol. The first-order chi connectivity index (χ1) is 24.6. The van der Waals surface area contributed by atoms with Crippen LogP contribution in [0.3, 0.4) is 0 Å². The van der Waals surface area contributed by atoms with Crippen molar-refractivity contribution < 1.29 is 46.8 Å². The molecule has 11 nitrogen and oxygen atoms in total. The van der Waals surface area contributed by atoms with Crippen LogP contribution in [0, 0.1) is 0 Å². The second-order valence-electron chi connectivity index (χ2n) is 15.1. The summed E-state index contributed by atoms with van der Waals surface area (Å²) in [7, 11) is 2.62. The van der Waals surface area contributed by atoms with Crippen LogP contribution < -0.4 is 10.2 Å². The maximum absolute atomic E-state index is 12.7. The number of unbranched alkanes of at least 4 members (excludes halogenated alkanes) is 8. The van der Waals surface area contributed by atoms with Gasteiger partial charge in [0.1, 0.15) is 31.6 Å².